The van der Waals surface area contributed by atoms with Crippen LogP contribution in [-0.4, -0.2) is 67.2 Å². The van der Waals surface area contributed by atoms with E-state index >= 15 is 0 Å². The molecule has 9 heteroatoms. The summed E-state index contributed by atoms with van der Waals surface area (Å²) in [6.07, 6.45) is -0.639. The van der Waals surface area contributed by atoms with E-state index in [1.807, 2.05) is 0 Å². The van der Waals surface area contributed by atoms with Crippen LogP contribution in [0.5, 0.6) is 11.5 Å². The van der Waals surface area contributed by atoms with Gasteiger partial charge in [0, 0.05) is 19.0 Å². The van der Waals surface area contributed by atoms with Gasteiger partial charge < -0.3 is 29.7 Å². The zero-order chi connectivity index (χ0) is 22.1. The molecular formula is C22H23N3O6. The van der Waals surface area contributed by atoms with Gasteiger partial charge in [-0.05, 0) is 24.3 Å². The Balaban J connectivity index is 1.64. The third-order valence-electron chi connectivity index (χ3n) is 5.50. The summed E-state index contributed by atoms with van der Waals surface area (Å²) in [6.45, 7) is -0.214. The second-order valence-corrected chi connectivity index (χ2v) is 7.42. The molecule has 2 heterocycles. The number of methoxy groups -OCH3 is 2. The van der Waals surface area contributed by atoms with Crippen LogP contribution in [0.15, 0.2) is 42.5 Å². The number of amides is 3. The number of benzene rings is 2. The van der Waals surface area contributed by atoms with E-state index in [0.717, 1.165) is 0 Å². The molecule has 0 spiro atoms. The smallest absolute Gasteiger partial charge is 0.256 e. The van der Waals surface area contributed by atoms with Crippen LogP contribution in [-0.2, 0) is 9.59 Å². The van der Waals surface area contributed by atoms with Gasteiger partial charge in [0.2, 0.25) is 11.8 Å². The number of aliphatic hydroxyl groups excluding tert-OH is 1. The maximum atomic E-state index is 13.3. The molecule has 0 radical (unpaired) electrons. The molecule has 1 fully saturated rings. The average Bonchev–Trinajstić information content (AvgIpc) is 3.15. The molecule has 0 bridgehead atoms. The highest BCUT2D eigenvalue weighted by molar-refractivity contribution is 6.13. The summed E-state index contributed by atoms with van der Waals surface area (Å²) in [4.78, 5) is 41.9. The SMILES string of the molecule is COc1ccc(OC)c(NC(=O)CN2C(=O)[C@@H]3C[C@H](O)CN3C(=O)c3ccccc32)c1. The summed E-state index contributed by atoms with van der Waals surface area (Å²) < 4.78 is 10.5. The molecule has 0 aromatic heterocycles. The van der Waals surface area contributed by atoms with Crippen LogP contribution < -0.4 is 19.7 Å². The molecule has 9 nitrogen and oxygen atoms in total. The number of anilines is 2. The van der Waals surface area contributed by atoms with Gasteiger partial charge >= 0.3 is 0 Å². The Hall–Kier alpha value is -3.59. The minimum Gasteiger partial charge on any atom is -0.497 e. The Morgan fingerprint density at radius 1 is 1.16 bits per heavy atom. The van der Waals surface area contributed by atoms with Crippen molar-refractivity contribution in [1.82, 2.24) is 4.90 Å². The predicted molar refractivity (Wildman–Crippen MR) is 112 cm³/mol. The van der Waals surface area contributed by atoms with Gasteiger partial charge in [-0.3, -0.25) is 14.4 Å². The van der Waals surface area contributed by atoms with E-state index < -0.39 is 24.0 Å². The van der Waals surface area contributed by atoms with Gasteiger partial charge in [-0.1, -0.05) is 12.1 Å². The summed E-state index contributed by atoms with van der Waals surface area (Å²) in [5, 5.41) is 12.8. The Bertz CT molecular complexity index is 1040. The zero-order valence-corrected chi connectivity index (χ0v) is 17.2. The maximum absolute atomic E-state index is 13.3. The summed E-state index contributed by atoms with van der Waals surface area (Å²) in [5.74, 6) is -0.217. The van der Waals surface area contributed by atoms with Gasteiger partial charge in [-0.25, -0.2) is 0 Å². The minimum atomic E-state index is -0.811. The molecule has 2 aromatic carbocycles. The van der Waals surface area contributed by atoms with Crippen LogP contribution in [0.4, 0.5) is 11.4 Å². The van der Waals surface area contributed by atoms with Crippen LogP contribution >= 0.6 is 0 Å². The molecule has 2 N–H and O–H groups in total. The van der Waals surface area contributed by atoms with Crippen molar-refractivity contribution in [1.29, 1.82) is 0 Å². The fraction of sp³-hybridized carbons (Fsp3) is 0.318. The number of ether oxygens (including phenoxy) is 2. The van der Waals surface area contributed by atoms with Crippen LogP contribution in [0.3, 0.4) is 0 Å². The van der Waals surface area contributed by atoms with E-state index in [4.69, 9.17) is 9.47 Å². The molecule has 31 heavy (non-hydrogen) atoms. The van der Waals surface area contributed by atoms with Crippen LogP contribution in [0.1, 0.15) is 16.8 Å². The number of hydrogen-bond acceptors (Lipinski definition) is 6. The maximum Gasteiger partial charge on any atom is 0.256 e. The summed E-state index contributed by atoms with van der Waals surface area (Å²) in [6, 6.07) is 10.8. The van der Waals surface area contributed by atoms with Crippen molar-refractivity contribution >= 4 is 29.1 Å². The molecule has 2 aliphatic rings. The molecule has 0 unspecified atom stereocenters. The summed E-state index contributed by atoms with van der Waals surface area (Å²) in [5.41, 5.74) is 1.09. The first-order valence-corrected chi connectivity index (χ1v) is 9.84. The Labute approximate surface area is 179 Å². The lowest BCUT2D eigenvalue weighted by molar-refractivity contribution is -0.124. The van der Waals surface area contributed by atoms with Gasteiger partial charge in [0.25, 0.3) is 5.91 Å². The normalized spacial score (nSPS) is 20.1. The highest BCUT2D eigenvalue weighted by atomic mass is 16.5. The summed E-state index contributed by atoms with van der Waals surface area (Å²) >= 11 is 0. The van der Waals surface area contributed by atoms with Crippen molar-refractivity contribution in [2.45, 2.75) is 18.6 Å². The molecule has 4 rings (SSSR count). The number of carbonyl (C=O) groups is 3. The quantitative estimate of drug-likeness (QED) is 0.747. The van der Waals surface area contributed by atoms with E-state index in [-0.39, 0.29) is 25.4 Å². The lowest BCUT2D eigenvalue weighted by Crippen LogP contribution is -2.47. The second kappa shape index (κ2) is 8.27. The van der Waals surface area contributed by atoms with Gasteiger partial charge in [-0.15, -0.1) is 0 Å². The molecular weight excluding hydrogens is 402 g/mol. The first-order valence-electron chi connectivity index (χ1n) is 9.84. The van der Waals surface area contributed by atoms with E-state index in [1.165, 1.54) is 24.0 Å². The standard InChI is InChI=1S/C22H23N3O6/c1-30-14-7-8-19(31-2)16(10-14)23-20(27)12-25-17-6-4-3-5-15(17)21(28)24-11-13(26)9-18(24)22(25)29/h3-8,10,13,18,26H,9,11-12H2,1-2H3,(H,23,27)/t13-,18-/m0/s1. The number of hydrogen-bond donors (Lipinski definition) is 2. The molecule has 2 aliphatic heterocycles. The molecule has 0 aliphatic carbocycles. The zero-order valence-electron chi connectivity index (χ0n) is 17.2. The summed E-state index contributed by atoms with van der Waals surface area (Å²) in [7, 11) is 3.00. The lowest BCUT2D eigenvalue weighted by Gasteiger charge is -2.25. The van der Waals surface area contributed by atoms with E-state index in [0.29, 0.717) is 28.4 Å². The average molecular weight is 425 g/mol. The van der Waals surface area contributed by atoms with Crippen molar-refractivity contribution in [2.24, 2.45) is 0 Å². The highest BCUT2D eigenvalue weighted by Gasteiger charge is 2.45. The second-order valence-electron chi connectivity index (χ2n) is 7.42. The lowest BCUT2D eigenvalue weighted by atomic mass is 10.1. The number of rotatable bonds is 5. The monoisotopic (exact) mass is 425 g/mol. The van der Waals surface area contributed by atoms with Crippen molar-refractivity contribution in [3.63, 3.8) is 0 Å². The third-order valence-corrected chi connectivity index (χ3v) is 5.50. The van der Waals surface area contributed by atoms with Crippen LogP contribution in [0, 0.1) is 0 Å². The van der Waals surface area contributed by atoms with Crippen LogP contribution in [0.2, 0.25) is 0 Å². The number of nitrogens with zero attached hydrogens (tertiary/aromatic N) is 2. The first-order chi connectivity index (χ1) is 14.9. The van der Waals surface area contributed by atoms with Crippen molar-refractivity contribution in [3.8, 4) is 11.5 Å². The highest BCUT2D eigenvalue weighted by Crippen LogP contribution is 2.33. The number of fused-ring (bicyclic) bond motifs is 2. The fourth-order valence-electron chi connectivity index (χ4n) is 4.02. The van der Waals surface area contributed by atoms with Gasteiger partial charge in [0.1, 0.15) is 24.1 Å². The first kappa shape index (κ1) is 20.7. The van der Waals surface area contributed by atoms with Gasteiger partial charge in [-0.2, -0.15) is 0 Å². The van der Waals surface area contributed by atoms with Gasteiger partial charge in [0.05, 0.1) is 37.3 Å². The number of nitrogens with one attached hydrogen (secondary N) is 1. The Morgan fingerprint density at radius 2 is 1.94 bits per heavy atom. The van der Waals surface area contributed by atoms with E-state index in [9.17, 15) is 19.5 Å². The third kappa shape index (κ3) is 3.79. The molecule has 0 saturated carbocycles. The largest absolute Gasteiger partial charge is 0.497 e. The molecule has 162 valence electrons. The number of carbonyl (C=O) groups excluding carboxylic acids is 3. The fourth-order valence-corrected chi connectivity index (χ4v) is 4.02. The van der Waals surface area contributed by atoms with Crippen LogP contribution in [0.25, 0.3) is 0 Å². The van der Waals surface area contributed by atoms with E-state index in [1.54, 1.807) is 42.5 Å². The number of aliphatic hydroxyl groups is 1. The van der Waals surface area contributed by atoms with Gasteiger partial charge in [0.15, 0.2) is 0 Å². The minimum absolute atomic E-state index is 0.0879. The molecule has 2 atom stereocenters. The predicted octanol–water partition coefficient (Wildman–Crippen LogP) is 1.26. The van der Waals surface area contributed by atoms with Crippen molar-refractivity contribution < 1.29 is 29.0 Å². The van der Waals surface area contributed by atoms with Crippen molar-refractivity contribution in [2.75, 3.05) is 37.5 Å². The topological polar surface area (TPSA) is 108 Å². The Kier molecular flexibility index (Phi) is 5.51. The number of para-hydroxylation sites is 1. The van der Waals surface area contributed by atoms with Crippen molar-refractivity contribution in [3.05, 3.63) is 48.0 Å². The molecule has 2 aromatic rings. The Morgan fingerprint density at radius 3 is 2.68 bits per heavy atom. The van der Waals surface area contributed by atoms with E-state index in [2.05, 4.69) is 5.32 Å². The molecule has 1 saturated heterocycles. The molecule has 3 amide bonds.